The summed E-state index contributed by atoms with van der Waals surface area (Å²) in [5.74, 6) is -0.805. The number of carbonyl (C=O) groups is 1. The number of carboxylic acid groups (broad SMARTS) is 1. The molecule has 5 rings (SSSR count). The van der Waals surface area contributed by atoms with Gasteiger partial charge in [0.1, 0.15) is 5.54 Å². The van der Waals surface area contributed by atoms with Crippen molar-refractivity contribution in [3.8, 4) is 11.1 Å². The van der Waals surface area contributed by atoms with Crippen LogP contribution < -0.4 is 4.72 Å². The van der Waals surface area contributed by atoms with Crippen LogP contribution in [0, 0.1) is 0 Å². The number of nitrogens with zero attached hydrogens (tertiary/aromatic N) is 1. The van der Waals surface area contributed by atoms with Gasteiger partial charge >= 0.3 is 5.97 Å². The van der Waals surface area contributed by atoms with E-state index in [1.807, 2.05) is 48.5 Å². The van der Waals surface area contributed by atoms with E-state index in [1.165, 1.54) is 23.1 Å². The van der Waals surface area contributed by atoms with Gasteiger partial charge in [-0.1, -0.05) is 54.1 Å². The minimum Gasteiger partial charge on any atom is -0.480 e. The van der Waals surface area contributed by atoms with E-state index in [1.54, 1.807) is 0 Å². The normalized spacial score (nSPS) is 22.4. The lowest BCUT2D eigenvalue weighted by Crippen LogP contribution is -2.36. The van der Waals surface area contributed by atoms with Crippen LogP contribution >= 0.6 is 23.5 Å². The molecule has 0 saturated heterocycles. The molecule has 0 aromatic heterocycles. The Labute approximate surface area is 197 Å². The maximum Gasteiger partial charge on any atom is 0.325 e. The quantitative estimate of drug-likeness (QED) is 0.465. The number of fused-ring (bicyclic) bond motifs is 1. The van der Waals surface area contributed by atoms with Gasteiger partial charge in [-0.3, -0.25) is 4.79 Å². The van der Waals surface area contributed by atoms with Crippen molar-refractivity contribution in [2.75, 3.05) is 13.6 Å². The van der Waals surface area contributed by atoms with Gasteiger partial charge in [0, 0.05) is 28.9 Å². The first-order chi connectivity index (χ1) is 15.4. The molecule has 0 spiro atoms. The number of halogens is 1. The van der Waals surface area contributed by atoms with E-state index in [-0.39, 0.29) is 5.92 Å². The first kappa shape index (κ1) is 21.5. The van der Waals surface area contributed by atoms with Gasteiger partial charge in [-0.15, -0.1) is 0 Å². The number of carboxylic acids is 1. The number of hydrogen-bond acceptors (Lipinski definition) is 4. The molecule has 3 aromatic carbocycles. The molecule has 0 amide bonds. The highest BCUT2D eigenvalue weighted by molar-refractivity contribution is 7.97. The zero-order chi connectivity index (χ0) is 22.3. The van der Waals surface area contributed by atoms with Crippen LogP contribution in [0.2, 0.25) is 5.02 Å². The van der Waals surface area contributed by atoms with Crippen LogP contribution in [-0.2, 0) is 17.8 Å². The van der Waals surface area contributed by atoms with Crippen LogP contribution in [0.15, 0.2) is 71.6 Å². The van der Waals surface area contributed by atoms with Crippen molar-refractivity contribution in [3.05, 3.63) is 88.4 Å². The molecule has 4 nitrogen and oxygen atoms in total. The number of benzene rings is 3. The van der Waals surface area contributed by atoms with Crippen LogP contribution in [0.5, 0.6) is 0 Å². The Morgan fingerprint density at radius 2 is 1.75 bits per heavy atom. The summed E-state index contributed by atoms with van der Waals surface area (Å²) < 4.78 is 3.28. The molecule has 6 heteroatoms. The molecule has 1 aliphatic heterocycles. The SMILES string of the molecule is CN1CCc2ccc(C3CC3(NSc3ccc(-c4ccc(Cl)cc4)cc3)C(=O)O)cc2C1. The first-order valence-electron chi connectivity index (χ1n) is 10.8. The smallest absolute Gasteiger partial charge is 0.325 e. The molecule has 32 heavy (non-hydrogen) atoms. The summed E-state index contributed by atoms with van der Waals surface area (Å²) >= 11 is 7.37. The van der Waals surface area contributed by atoms with Crippen molar-refractivity contribution in [2.45, 2.75) is 35.7 Å². The summed E-state index contributed by atoms with van der Waals surface area (Å²) in [5, 5.41) is 10.7. The van der Waals surface area contributed by atoms with Crippen molar-refractivity contribution < 1.29 is 9.90 Å². The van der Waals surface area contributed by atoms with Gasteiger partial charge in [-0.25, -0.2) is 4.72 Å². The van der Waals surface area contributed by atoms with Crippen LogP contribution in [0.4, 0.5) is 0 Å². The second kappa shape index (κ2) is 8.56. The Hall–Kier alpha value is -2.31. The van der Waals surface area contributed by atoms with E-state index in [2.05, 4.69) is 34.9 Å². The van der Waals surface area contributed by atoms with Gasteiger partial charge in [0.05, 0.1) is 0 Å². The fourth-order valence-corrected chi connectivity index (χ4v) is 5.51. The topological polar surface area (TPSA) is 52.6 Å². The summed E-state index contributed by atoms with van der Waals surface area (Å²) in [4.78, 5) is 15.5. The second-order valence-electron chi connectivity index (χ2n) is 8.78. The van der Waals surface area contributed by atoms with E-state index in [0.29, 0.717) is 11.4 Å². The van der Waals surface area contributed by atoms with Gasteiger partial charge in [0.15, 0.2) is 0 Å². The van der Waals surface area contributed by atoms with Crippen LogP contribution in [0.3, 0.4) is 0 Å². The van der Waals surface area contributed by atoms with E-state index in [9.17, 15) is 9.90 Å². The van der Waals surface area contributed by atoms with Gasteiger partial charge < -0.3 is 10.0 Å². The summed E-state index contributed by atoms with van der Waals surface area (Å²) in [6.45, 7) is 2.00. The average molecular weight is 465 g/mol. The van der Waals surface area contributed by atoms with E-state index in [0.717, 1.165) is 41.1 Å². The number of rotatable bonds is 6. The third kappa shape index (κ3) is 4.18. The van der Waals surface area contributed by atoms with Crippen molar-refractivity contribution in [3.63, 3.8) is 0 Å². The number of aliphatic carboxylic acids is 1. The Morgan fingerprint density at radius 3 is 2.44 bits per heavy atom. The molecule has 2 aliphatic rings. The maximum atomic E-state index is 12.2. The molecule has 2 unspecified atom stereocenters. The van der Waals surface area contributed by atoms with E-state index in [4.69, 9.17) is 11.6 Å². The van der Waals surface area contributed by atoms with Gasteiger partial charge in [0.25, 0.3) is 0 Å². The number of likely N-dealkylation sites (N-methyl/N-ethyl adjacent to an activating group) is 1. The highest BCUT2D eigenvalue weighted by atomic mass is 35.5. The largest absolute Gasteiger partial charge is 0.480 e. The lowest BCUT2D eigenvalue weighted by atomic mass is 9.95. The molecule has 1 heterocycles. The fraction of sp³-hybridized carbons (Fsp3) is 0.269. The molecule has 1 fully saturated rings. The highest BCUT2D eigenvalue weighted by Crippen LogP contribution is 2.53. The third-order valence-electron chi connectivity index (χ3n) is 6.56. The monoisotopic (exact) mass is 464 g/mol. The standard InChI is InChI=1S/C26H25ClN2O2S/c1-29-13-12-19-2-3-20(14-21(19)16-29)24-15-26(24,25(30)31)28-32-23-10-6-18(7-11-23)17-4-8-22(27)9-5-17/h2-11,14,24,28H,12-13,15-16H2,1H3,(H,30,31). The highest BCUT2D eigenvalue weighted by Gasteiger charge is 2.61. The van der Waals surface area contributed by atoms with Crippen molar-refractivity contribution >= 4 is 29.5 Å². The van der Waals surface area contributed by atoms with Gasteiger partial charge in [0.2, 0.25) is 0 Å². The Morgan fingerprint density at radius 1 is 1.06 bits per heavy atom. The molecule has 2 N–H and O–H groups in total. The van der Waals surface area contributed by atoms with Crippen LogP contribution in [0.25, 0.3) is 11.1 Å². The van der Waals surface area contributed by atoms with Crippen molar-refractivity contribution in [2.24, 2.45) is 0 Å². The zero-order valence-electron chi connectivity index (χ0n) is 17.8. The molecule has 1 aliphatic carbocycles. The minimum atomic E-state index is -0.922. The van der Waals surface area contributed by atoms with E-state index < -0.39 is 11.5 Å². The number of hydrogen-bond donors (Lipinski definition) is 2. The Kier molecular flexibility index (Phi) is 5.76. The Bertz CT molecular complexity index is 1150. The molecular formula is C26H25ClN2O2S. The average Bonchev–Trinajstić information content (AvgIpc) is 3.54. The summed E-state index contributed by atoms with van der Waals surface area (Å²) in [6, 6.07) is 22.4. The molecular weight excluding hydrogens is 440 g/mol. The maximum absolute atomic E-state index is 12.2. The predicted molar refractivity (Wildman–Crippen MR) is 130 cm³/mol. The van der Waals surface area contributed by atoms with Crippen molar-refractivity contribution in [1.82, 2.24) is 9.62 Å². The summed E-state index contributed by atoms with van der Waals surface area (Å²) in [6.07, 6.45) is 1.66. The zero-order valence-corrected chi connectivity index (χ0v) is 19.4. The Balaban J connectivity index is 1.28. The molecule has 2 atom stereocenters. The first-order valence-corrected chi connectivity index (χ1v) is 12.0. The van der Waals surface area contributed by atoms with Crippen molar-refractivity contribution in [1.29, 1.82) is 0 Å². The third-order valence-corrected chi connectivity index (χ3v) is 7.79. The lowest BCUT2D eigenvalue weighted by Gasteiger charge is -2.25. The molecule has 0 bridgehead atoms. The summed E-state index contributed by atoms with van der Waals surface area (Å²) in [5.41, 5.74) is 5.11. The number of nitrogens with one attached hydrogen (secondary N) is 1. The molecule has 164 valence electrons. The van der Waals surface area contributed by atoms with Gasteiger partial charge in [-0.2, -0.15) is 0 Å². The fourth-order valence-electron chi connectivity index (χ4n) is 4.50. The lowest BCUT2D eigenvalue weighted by molar-refractivity contribution is -0.140. The molecule has 3 aromatic rings. The van der Waals surface area contributed by atoms with Crippen LogP contribution in [-0.4, -0.2) is 35.1 Å². The van der Waals surface area contributed by atoms with Crippen LogP contribution in [0.1, 0.15) is 29.0 Å². The molecule has 0 radical (unpaired) electrons. The molecule has 1 saturated carbocycles. The minimum absolute atomic E-state index is 0.0154. The van der Waals surface area contributed by atoms with Gasteiger partial charge in [-0.05, 0) is 83.9 Å². The summed E-state index contributed by atoms with van der Waals surface area (Å²) in [7, 11) is 2.13. The van der Waals surface area contributed by atoms with E-state index >= 15 is 0 Å². The predicted octanol–water partition coefficient (Wildman–Crippen LogP) is 5.60. The second-order valence-corrected chi connectivity index (χ2v) is 10.1.